The number of hydrogen-bond donors (Lipinski definition) is 0. The molecule has 0 spiro atoms. The van der Waals surface area contributed by atoms with E-state index in [0.717, 1.165) is 21.1 Å². The first-order valence-corrected chi connectivity index (χ1v) is 61.7. The minimum atomic E-state index is -5.20. The average molecular weight is 3610 g/mol. The van der Waals surface area contributed by atoms with E-state index in [1.165, 1.54) is 31.4 Å². The van der Waals surface area contributed by atoms with Crippen LogP contribution in [-0.4, -0.2) is 213 Å². The van der Waals surface area contributed by atoms with E-state index in [4.69, 9.17) is 23.7 Å². The number of halogens is 37. The number of carbonyl (C=O) groups is 1. The molecular weight excluding hydrogens is 3570 g/mol. The molecule has 0 aromatic heterocycles. The summed E-state index contributed by atoms with van der Waals surface area (Å²) in [5, 5.41) is 0. The van der Waals surface area contributed by atoms with Crippen molar-refractivity contribution >= 4 is 443 Å². The highest BCUT2D eigenvalue weighted by molar-refractivity contribution is 9.17. The number of rotatable bonds is 30. The Kier molecular flexibility index (Phi) is 58.7. The minimum Gasteiger partial charge on any atom is -0.748 e. The van der Waals surface area contributed by atoms with Crippen molar-refractivity contribution in [2.45, 2.75) is 49.1 Å². The van der Waals surface area contributed by atoms with E-state index in [2.05, 4.69) is 385 Å². The molecule has 4 unspecified atom stereocenters. The van der Waals surface area contributed by atoms with Crippen LogP contribution >= 0.6 is 366 Å². The summed E-state index contributed by atoms with van der Waals surface area (Å²) in [6.45, 7) is -0.594. The van der Waals surface area contributed by atoms with Crippen molar-refractivity contribution in [3.63, 3.8) is 0 Å². The molecule has 778 valence electrons. The van der Waals surface area contributed by atoms with Gasteiger partial charge in [-0.2, -0.15) is 52.7 Å². The predicted molar refractivity (Wildman–Crippen MR) is 535 cm³/mol. The van der Waals surface area contributed by atoms with Crippen LogP contribution in [0.4, 0.5) is 61.5 Å². The summed E-state index contributed by atoms with van der Waals surface area (Å²) in [5.41, 5.74) is 0. The lowest BCUT2D eigenvalue weighted by Crippen LogP contribution is -2.40. The maximum atomic E-state index is 13.7. The Balaban J connectivity index is 0.000000802. The molecule has 7 aromatic rings. The summed E-state index contributed by atoms with van der Waals surface area (Å²) in [6, 6.07) is 13.0. The lowest BCUT2D eigenvalue weighted by atomic mass is 10.3. The minimum absolute atomic E-state index is 0.100. The fourth-order valence-corrected chi connectivity index (χ4v) is 24.3. The molecule has 0 N–H and O–H groups in total. The molecule has 0 aliphatic carbocycles. The molecule has 7 aromatic carbocycles. The Labute approximate surface area is 960 Å². The topological polar surface area (TPSA) is 501 Å². The molecule has 31 nitrogen and oxygen atoms in total. The molecule has 0 aliphatic rings. The Morgan fingerprint density at radius 3 is 0.898 bits per heavy atom. The van der Waals surface area contributed by atoms with Crippen LogP contribution in [0.2, 0.25) is 0 Å². The van der Waals surface area contributed by atoms with Crippen molar-refractivity contribution in [3.8, 4) is 46.0 Å². The SMILES string of the molecule is COCOc1c(Br)cc(OC(CS(=O)(=O)[O-])C(F)(F)F)cc1Br.O=C(CS(=O)(=O)[O-])Oc1cc(Br)cc(Br)c1.O=S(=O)([O-])CC(Oc1c(Br)c(Br)c(Br)c(Br)c1Br)C(F)(F)F.O=S(=O)([O-])CC(Oc1c(Br)c(Br)c(F)c(Br)c1Br)C(F)(F)F.O=S(=O)([O-])CC(Oc1cc(Br)c(Br)cc1Br)C(F)(F)F.O=S(=O)([O-])CCOc1c(Br)c(Br)c(F)c(Br)c1Br.O=S(=O)([O-])CCOc1cc(Br)c(Br)cc1Br. The van der Waals surface area contributed by atoms with Gasteiger partial charge < -0.3 is 74.5 Å². The second-order valence-electron chi connectivity index (χ2n) is 23.8. The Morgan fingerprint density at radius 1 is 0.299 bits per heavy atom. The third kappa shape index (κ3) is 52.3. The molecule has 0 fully saturated rings. The van der Waals surface area contributed by atoms with E-state index in [9.17, 15) is 157 Å². The van der Waals surface area contributed by atoms with Gasteiger partial charge in [0, 0.05) is 38.4 Å². The Morgan fingerprint density at radius 2 is 0.584 bits per heavy atom. The number of alkyl halides is 12. The zero-order chi connectivity index (χ0) is 107. The zero-order valence-electron chi connectivity index (χ0n) is 64.1. The van der Waals surface area contributed by atoms with Crippen molar-refractivity contribution < 1.29 is 200 Å². The second kappa shape index (κ2) is 58.7. The van der Waals surface area contributed by atoms with Gasteiger partial charge >= 0.3 is 30.7 Å². The van der Waals surface area contributed by atoms with Crippen molar-refractivity contribution in [2.75, 3.05) is 67.4 Å². The molecule has 4 atom stereocenters. The third-order valence-electron chi connectivity index (χ3n) is 13.2. The molecule has 0 radical (unpaired) electrons. The highest BCUT2D eigenvalue weighted by Gasteiger charge is 2.47. The van der Waals surface area contributed by atoms with Gasteiger partial charge in [-0.05, 0) is 389 Å². The van der Waals surface area contributed by atoms with E-state index >= 15 is 0 Å². The fourth-order valence-electron chi connectivity index (χ4n) is 7.68. The van der Waals surface area contributed by atoms with Gasteiger partial charge in [0.15, 0.2) is 35.7 Å². The summed E-state index contributed by atoms with van der Waals surface area (Å²) in [7, 11) is -32.4. The molecule has 137 heavy (non-hydrogen) atoms. The number of ether oxygens (including phenoxy) is 9. The zero-order valence-corrected chi connectivity index (χ0v) is 106. The first kappa shape index (κ1) is 137. The largest absolute Gasteiger partial charge is 0.748 e. The van der Waals surface area contributed by atoms with Crippen molar-refractivity contribution in [3.05, 3.63) is 169 Å². The highest BCUT2D eigenvalue weighted by atomic mass is 79.9. The van der Waals surface area contributed by atoms with E-state index < -0.39 is 184 Å². The van der Waals surface area contributed by atoms with Gasteiger partial charge in [-0.1, -0.05) is 31.9 Å². The monoisotopic (exact) mass is 3580 g/mol. The van der Waals surface area contributed by atoms with Crippen LogP contribution in [0.15, 0.2) is 157 Å². The number of esters is 1. The van der Waals surface area contributed by atoms with Gasteiger partial charge in [-0.25, -0.2) is 67.7 Å². The van der Waals surface area contributed by atoms with Crippen LogP contribution in [0, 0.1) is 11.6 Å². The maximum absolute atomic E-state index is 13.7. The summed E-state index contributed by atoms with van der Waals surface area (Å²) in [5.74, 6) is -12.2. The molecule has 0 amide bonds. The van der Waals surface area contributed by atoms with Gasteiger partial charge in [0.1, 0.15) is 57.8 Å². The Hall–Kier alpha value is 2.00. The van der Waals surface area contributed by atoms with E-state index in [1.807, 2.05) is 0 Å². The lowest BCUT2D eigenvalue weighted by molar-refractivity contribution is -0.188. The van der Waals surface area contributed by atoms with Crippen LogP contribution in [-0.2, 0) is 80.4 Å². The van der Waals surface area contributed by atoms with E-state index in [1.54, 1.807) is 18.2 Å². The smallest absolute Gasteiger partial charge is 0.426 e. The van der Waals surface area contributed by atoms with Gasteiger partial charge in [-0.15, -0.1) is 0 Å². The summed E-state index contributed by atoms with van der Waals surface area (Å²) < 4.78 is 451. The van der Waals surface area contributed by atoms with Crippen LogP contribution in [0.3, 0.4) is 0 Å². The van der Waals surface area contributed by atoms with Gasteiger partial charge in [0.2, 0.25) is 24.4 Å². The number of carbonyl (C=O) groups excluding carboxylic acids is 1. The van der Waals surface area contributed by atoms with Crippen LogP contribution in [0.5, 0.6) is 46.0 Å². The fraction of sp³-hybridized carbons (Fsp3) is 0.306. The third-order valence-corrected chi connectivity index (χ3v) is 39.2. The standard InChI is InChI=1S/C11H11Br2F3O6S.C9H4Br5F3O4S.C9H4Br4F4O4S.C9H6Br3F3O4S.C8H5Br4FO4S.C8H7Br3O4S.C8H6Br2O5S/c1-20-5-21-10-7(12)2-6(3-8(10)13)22-9(11(14,15)16)4-23(17,18)19;10-3-4(11)6(13)8(7(14)5(3)12)21-2(9(15,16)17)1-22(18,19)20;10-3-5(12)8(6(13)4(11)7(3)14)21-2(9(15,16)17)1-22(18,19)20;10-4-1-6(12)7(2-5(4)11)19-8(9(13,14)15)3-20(16,17)18;9-3-5(11)8(6(12)4(10)7(3)13)17-1-2-18(14,15)16;9-5-3-7(11)8(4-6(5)10)15-1-2-16(12,13)14;9-5-1-6(10)3-7(2-5)15-8(11)4-16(12,13)14/h2-3,9H,4-5H2,1H3,(H,17,18,19);2*2H,1H2,(H,18,19,20);1-2,8H,3H2,(H,16,17,18);1-2H2,(H,14,15,16);3-4H,1-2H2,(H,12,13,14);1-3H,4H2,(H,12,13,14)/p-7. The molecule has 0 saturated heterocycles. The van der Waals surface area contributed by atoms with Gasteiger partial charge in [0.05, 0.1) is 167 Å². The molecule has 0 saturated carbocycles. The van der Waals surface area contributed by atoms with Crippen LogP contribution < -0.4 is 37.9 Å². The van der Waals surface area contributed by atoms with E-state index in [0.29, 0.717) is 41.5 Å². The summed E-state index contributed by atoms with van der Waals surface area (Å²) in [4.78, 5) is 11.0. The quantitative estimate of drug-likeness (QED) is 0.00767. The van der Waals surface area contributed by atoms with E-state index in [-0.39, 0.29) is 113 Å². The number of benzene rings is 7. The first-order valence-electron chi connectivity index (χ1n) is 32.4. The number of hydrogen-bond acceptors (Lipinski definition) is 31. The molecular formula is C62H36Br23F14O31S7-7. The highest BCUT2D eigenvalue weighted by Crippen LogP contribution is 2.52. The van der Waals surface area contributed by atoms with Crippen LogP contribution in [0.1, 0.15) is 0 Å². The average Bonchev–Trinajstić information content (AvgIpc) is 0.791. The summed E-state index contributed by atoms with van der Waals surface area (Å²) >= 11 is 70.6. The summed E-state index contributed by atoms with van der Waals surface area (Å²) in [6.07, 6.45) is -31.4. The maximum Gasteiger partial charge on any atom is 0.426 e. The molecule has 75 heteroatoms. The van der Waals surface area contributed by atoms with Crippen molar-refractivity contribution in [1.29, 1.82) is 0 Å². The van der Waals surface area contributed by atoms with Crippen molar-refractivity contribution in [2.24, 2.45) is 0 Å². The molecule has 0 bridgehead atoms. The Bertz CT molecular complexity index is 6070. The van der Waals surface area contributed by atoms with Crippen LogP contribution in [0.25, 0.3) is 0 Å². The first-order chi connectivity index (χ1) is 61.5. The van der Waals surface area contributed by atoms with Gasteiger partial charge in [0.25, 0.3) is 0 Å². The number of methoxy groups -OCH3 is 1. The van der Waals surface area contributed by atoms with Gasteiger partial charge in [-0.3, -0.25) is 4.79 Å². The molecule has 0 heterocycles. The predicted octanol–water partition coefficient (Wildman–Crippen LogP) is 25.3. The second-order valence-corrected chi connectivity index (χ2v) is 53.1. The molecule has 0 aliphatic heterocycles. The normalized spacial score (nSPS) is 13.1. The lowest BCUT2D eigenvalue weighted by Gasteiger charge is -2.25. The van der Waals surface area contributed by atoms with Crippen molar-refractivity contribution in [1.82, 2.24) is 0 Å². The molecule has 7 rings (SSSR count).